The second-order valence-corrected chi connectivity index (χ2v) is 6.12. The van der Waals surface area contributed by atoms with Crippen molar-refractivity contribution >= 4 is 17.3 Å². The van der Waals surface area contributed by atoms with Gasteiger partial charge in [-0.05, 0) is 30.3 Å². The minimum atomic E-state index is -0.424. The Labute approximate surface area is 141 Å². The Morgan fingerprint density at radius 2 is 2.00 bits per heavy atom. The van der Waals surface area contributed by atoms with Crippen molar-refractivity contribution in [3.8, 4) is 11.3 Å². The molecule has 122 valence electrons. The quantitative estimate of drug-likeness (QED) is 0.683. The van der Waals surface area contributed by atoms with Crippen molar-refractivity contribution in [3.05, 3.63) is 74.5 Å². The van der Waals surface area contributed by atoms with E-state index in [9.17, 15) is 14.0 Å². The molecular formula is C17H13FN2O3S. The fourth-order valence-electron chi connectivity index (χ4n) is 2.20. The van der Waals surface area contributed by atoms with Gasteiger partial charge >= 0.3 is 5.97 Å². The molecule has 1 aromatic carbocycles. The standard InChI is InChI=1S/C17H13FN2O3S/c1-23-17(22)15-8-6-11(24-15)10-20-16(21)9-7-14(19-20)12-4-2-3-5-13(12)18/h2-9H,10H2,1H3. The van der Waals surface area contributed by atoms with E-state index in [1.165, 1.54) is 41.3 Å². The summed E-state index contributed by atoms with van der Waals surface area (Å²) >= 11 is 1.23. The molecule has 0 saturated heterocycles. The number of ether oxygens (including phenoxy) is 1. The molecule has 5 nitrogen and oxygen atoms in total. The van der Waals surface area contributed by atoms with Crippen LogP contribution in [0.5, 0.6) is 0 Å². The number of esters is 1. The fraction of sp³-hybridized carbons (Fsp3) is 0.118. The summed E-state index contributed by atoms with van der Waals surface area (Å²) in [6.45, 7) is 0.197. The number of carbonyl (C=O) groups is 1. The number of aromatic nitrogens is 2. The summed E-state index contributed by atoms with van der Waals surface area (Å²) in [5.74, 6) is -0.828. The highest BCUT2D eigenvalue weighted by Crippen LogP contribution is 2.20. The Morgan fingerprint density at radius 3 is 2.75 bits per heavy atom. The Bertz CT molecular complexity index is 949. The van der Waals surface area contributed by atoms with Crippen LogP contribution in [0.1, 0.15) is 14.5 Å². The van der Waals surface area contributed by atoms with E-state index in [0.717, 1.165) is 4.88 Å². The second kappa shape index (κ2) is 6.76. The van der Waals surface area contributed by atoms with Crippen molar-refractivity contribution in [3.63, 3.8) is 0 Å². The molecule has 0 saturated carbocycles. The molecule has 0 bridgehead atoms. The maximum Gasteiger partial charge on any atom is 0.348 e. The van der Waals surface area contributed by atoms with Crippen LogP contribution in [-0.4, -0.2) is 22.9 Å². The third kappa shape index (κ3) is 3.26. The highest BCUT2D eigenvalue weighted by Gasteiger charge is 2.12. The van der Waals surface area contributed by atoms with Crippen LogP contribution in [0.4, 0.5) is 4.39 Å². The van der Waals surface area contributed by atoms with Gasteiger partial charge in [-0.3, -0.25) is 4.79 Å². The van der Waals surface area contributed by atoms with E-state index in [2.05, 4.69) is 9.84 Å². The smallest absolute Gasteiger partial charge is 0.348 e. The van der Waals surface area contributed by atoms with Gasteiger partial charge in [-0.1, -0.05) is 12.1 Å². The third-order valence-electron chi connectivity index (χ3n) is 3.37. The maximum atomic E-state index is 13.9. The van der Waals surface area contributed by atoms with E-state index in [4.69, 9.17) is 0 Å². The first-order valence-electron chi connectivity index (χ1n) is 7.08. The van der Waals surface area contributed by atoms with Gasteiger partial charge < -0.3 is 4.74 Å². The van der Waals surface area contributed by atoms with E-state index in [0.29, 0.717) is 16.1 Å². The first-order chi connectivity index (χ1) is 11.6. The van der Waals surface area contributed by atoms with Gasteiger partial charge in [0.2, 0.25) is 0 Å². The Kier molecular flexibility index (Phi) is 4.52. The van der Waals surface area contributed by atoms with Crippen LogP contribution in [0, 0.1) is 5.82 Å². The predicted octanol–water partition coefficient (Wildman–Crippen LogP) is 2.95. The number of nitrogens with zero attached hydrogens (tertiary/aromatic N) is 2. The van der Waals surface area contributed by atoms with Crippen LogP contribution >= 0.6 is 11.3 Å². The number of hydrogen-bond donors (Lipinski definition) is 0. The summed E-state index contributed by atoms with van der Waals surface area (Å²) in [6, 6.07) is 12.5. The maximum absolute atomic E-state index is 13.9. The van der Waals surface area contributed by atoms with Crippen LogP contribution < -0.4 is 5.56 Å². The molecule has 3 rings (SSSR count). The zero-order valence-corrected chi connectivity index (χ0v) is 13.5. The fourth-order valence-corrected chi connectivity index (χ4v) is 3.10. The molecule has 0 N–H and O–H groups in total. The van der Waals surface area contributed by atoms with Crippen LogP contribution in [0.2, 0.25) is 0 Å². The summed E-state index contributed by atoms with van der Waals surface area (Å²) in [6.07, 6.45) is 0. The van der Waals surface area contributed by atoms with E-state index >= 15 is 0 Å². The second-order valence-electron chi connectivity index (χ2n) is 4.95. The molecule has 0 aliphatic carbocycles. The molecule has 0 aliphatic heterocycles. The van der Waals surface area contributed by atoms with Crippen molar-refractivity contribution in [1.82, 2.24) is 9.78 Å². The minimum absolute atomic E-state index is 0.197. The minimum Gasteiger partial charge on any atom is -0.465 e. The van der Waals surface area contributed by atoms with E-state index in [-0.39, 0.29) is 12.1 Å². The van der Waals surface area contributed by atoms with Gasteiger partial charge in [-0.25, -0.2) is 13.9 Å². The Morgan fingerprint density at radius 1 is 1.21 bits per heavy atom. The summed E-state index contributed by atoms with van der Waals surface area (Å²) < 4.78 is 19.8. The summed E-state index contributed by atoms with van der Waals surface area (Å²) in [4.78, 5) is 24.7. The Balaban J connectivity index is 1.93. The number of carbonyl (C=O) groups excluding carboxylic acids is 1. The molecule has 0 spiro atoms. The summed E-state index contributed by atoms with van der Waals surface area (Å²) in [5.41, 5.74) is 0.397. The first kappa shape index (κ1) is 16.1. The van der Waals surface area contributed by atoms with E-state index in [1.54, 1.807) is 30.3 Å². The average Bonchev–Trinajstić information content (AvgIpc) is 3.05. The molecule has 0 unspecified atom stereocenters. The highest BCUT2D eigenvalue weighted by molar-refractivity contribution is 7.13. The van der Waals surface area contributed by atoms with Crippen LogP contribution in [0.15, 0.2) is 53.3 Å². The molecule has 24 heavy (non-hydrogen) atoms. The van der Waals surface area contributed by atoms with Crippen molar-refractivity contribution in [1.29, 1.82) is 0 Å². The predicted molar refractivity (Wildman–Crippen MR) is 88.7 cm³/mol. The van der Waals surface area contributed by atoms with Crippen molar-refractivity contribution in [2.45, 2.75) is 6.54 Å². The lowest BCUT2D eigenvalue weighted by Crippen LogP contribution is -2.22. The molecule has 0 amide bonds. The van der Waals surface area contributed by atoms with Crippen molar-refractivity contribution in [2.75, 3.05) is 7.11 Å². The number of rotatable bonds is 4. The number of thiophene rings is 1. The zero-order valence-electron chi connectivity index (χ0n) is 12.7. The topological polar surface area (TPSA) is 61.2 Å². The van der Waals surface area contributed by atoms with E-state index in [1.807, 2.05) is 0 Å². The monoisotopic (exact) mass is 344 g/mol. The zero-order chi connectivity index (χ0) is 17.1. The number of hydrogen-bond acceptors (Lipinski definition) is 5. The van der Waals surface area contributed by atoms with Crippen molar-refractivity contribution in [2.24, 2.45) is 0 Å². The number of methoxy groups -OCH3 is 1. The first-order valence-corrected chi connectivity index (χ1v) is 7.90. The van der Waals surface area contributed by atoms with Gasteiger partial charge in [0, 0.05) is 16.5 Å². The molecule has 0 atom stereocenters. The molecule has 0 fully saturated rings. The van der Waals surface area contributed by atoms with Gasteiger partial charge in [0.15, 0.2) is 0 Å². The van der Waals surface area contributed by atoms with Gasteiger partial charge in [-0.2, -0.15) is 5.10 Å². The van der Waals surface area contributed by atoms with Gasteiger partial charge in [0.05, 0.1) is 19.3 Å². The summed E-state index contributed by atoms with van der Waals surface area (Å²) in [7, 11) is 1.31. The molecule has 0 aliphatic rings. The summed E-state index contributed by atoms with van der Waals surface area (Å²) in [5, 5.41) is 4.23. The van der Waals surface area contributed by atoms with E-state index < -0.39 is 11.8 Å². The molecule has 2 aromatic heterocycles. The van der Waals surface area contributed by atoms with Crippen LogP contribution in [0.3, 0.4) is 0 Å². The average molecular weight is 344 g/mol. The number of halogens is 1. The van der Waals surface area contributed by atoms with Gasteiger partial charge in [0.25, 0.3) is 5.56 Å². The molecule has 3 aromatic rings. The lowest BCUT2D eigenvalue weighted by atomic mass is 10.1. The Hall–Kier alpha value is -2.80. The van der Waals surface area contributed by atoms with Crippen LogP contribution in [-0.2, 0) is 11.3 Å². The lowest BCUT2D eigenvalue weighted by Gasteiger charge is -2.06. The molecule has 7 heteroatoms. The number of benzene rings is 1. The third-order valence-corrected chi connectivity index (χ3v) is 4.42. The SMILES string of the molecule is COC(=O)c1ccc(Cn2nc(-c3ccccc3F)ccc2=O)s1. The lowest BCUT2D eigenvalue weighted by molar-refractivity contribution is 0.0606. The molecular weight excluding hydrogens is 331 g/mol. The largest absolute Gasteiger partial charge is 0.465 e. The van der Waals surface area contributed by atoms with Gasteiger partial charge in [-0.15, -0.1) is 11.3 Å². The molecule has 2 heterocycles. The van der Waals surface area contributed by atoms with Crippen LogP contribution in [0.25, 0.3) is 11.3 Å². The highest BCUT2D eigenvalue weighted by atomic mass is 32.1. The molecule has 0 radical (unpaired) electrons. The normalized spacial score (nSPS) is 10.6. The van der Waals surface area contributed by atoms with Gasteiger partial charge in [0.1, 0.15) is 10.7 Å². The van der Waals surface area contributed by atoms with Crippen molar-refractivity contribution < 1.29 is 13.9 Å².